The van der Waals surface area contributed by atoms with Crippen molar-refractivity contribution >= 4 is 0 Å². The molecule has 0 unspecified atom stereocenters. The van der Waals surface area contributed by atoms with Gasteiger partial charge in [-0.15, -0.1) is 0 Å². The molecule has 0 saturated carbocycles. The normalized spacial score (nSPS) is 6.88. The Morgan fingerprint density at radius 1 is 1.25 bits per heavy atom. The van der Waals surface area contributed by atoms with E-state index in [9.17, 15) is 0 Å². The number of hydrogen-bond acceptors (Lipinski definition) is 1. The summed E-state index contributed by atoms with van der Waals surface area (Å²) in [6, 6.07) is 9.25. The smallest absolute Gasteiger partial charge is 0.212 e. The molecular formula is C6H4KN. The fourth-order valence-corrected chi connectivity index (χ4v) is 0.449. The summed E-state index contributed by atoms with van der Waals surface area (Å²) in [5, 5.41) is 8.18. The Morgan fingerprint density at radius 3 is 2.00 bits per heavy atom. The zero-order valence-electron chi connectivity index (χ0n) is 4.76. The summed E-state index contributed by atoms with van der Waals surface area (Å²) in [6.45, 7) is 0. The Hall–Kier alpha value is 0.476. The first-order valence-electron chi connectivity index (χ1n) is 2.05. The van der Waals surface area contributed by atoms with E-state index in [0.29, 0.717) is 0 Å². The Labute approximate surface area is 91.1 Å². The summed E-state index contributed by atoms with van der Waals surface area (Å²) < 4.78 is 0. The van der Waals surface area contributed by atoms with Gasteiger partial charge in [0.15, 0.2) is 0 Å². The van der Waals surface area contributed by atoms with Crippen LogP contribution in [0.1, 0.15) is 5.56 Å². The average Bonchev–Trinajstić information content (AvgIpc) is 2.14. The fourth-order valence-electron chi connectivity index (χ4n) is 0.449. The molecule has 34 valence electrons. The van der Waals surface area contributed by atoms with Crippen LogP contribution in [0.4, 0.5) is 0 Å². The van der Waals surface area contributed by atoms with Gasteiger partial charge in [-0.25, -0.2) is 17.4 Å². The molecule has 0 radical (unpaired) electrons. The third kappa shape index (κ3) is 2.16. The molecule has 0 saturated heterocycles. The Balaban J connectivity index is 0.000000490. The molecule has 0 fully saturated rings. The molecule has 0 aliphatic carbocycles. The second-order valence-electron chi connectivity index (χ2n) is 1.29. The van der Waals surface area contributed by atoms with Gasteiger partial charge in [-0.1, -0.05) is 5.56 Å². The van der Waals surface area contributed by atoms with Crippen molar-refractivity contribution in [3.05, 3.63) is 29.8 Å². The van der Waals surface area contributed by atoms with Crippen LogP contribution in [0.2, 0.25) is 0 Å². The summed E-state index contributed by atoms with van der Waals surface area (Å²) >= 11 is 0. The Morgan fingerprint density at radius 2 is 1.75 bits per heavy atom. The quantitative estimate of drug-likeness (QED) is 0.302. The molecule has 0 aliphatic rings. The van der Waals surface area contributed by atoms with E-state index in [1.165, 1.54) is 0 Å². The number of rotatable bonds is 0. The summed E-state index contributed by atoms with van der Waals surface area (Å²) in [5.41, 5.74) is 0.736. The van der Waals surface area contributed by atoms with E-state index >= 15 is 0 Å². The molecule has 0 atom stereocenters. The van der Waals surface area contributed by atoms with Crippen LogP contribution in [0.3, 0.4) is 0 Å². The fraction of sp³-hybridized carbons (Fsp3) is 0. The van der Waals surface area contributed by atoms with Gasteiger partial charge < -0.3 is 0 Å². The van der Waals surface area contributed by atoms with Crippen molar-refractivity contribution in [3.63, 3.8) is 0 Å². The molecule has 2 heteroatoms. The minimum atomic E-state index is 0. The van der Waals surface area contributed by atoms with Gasteiger partial charge in [0.25, 0.3) is 0 Å². The summed E-state index contributed by atoms with van der Waals surface area (Å²) in [7, 11) is 0. The van der Waals surface area contributed by atoms with Crippen molar-refractivity contribution in [3.8, 4) is 6.07 Å². The minimum absolute atomic E-state index is 0. The predicted molar refractivity (Wildman–Crippen MR) is 26.7 cm³/mol. The molecular weight excluding hydrogens is 125 g/mol. The first kappa shape index (κ1) is 8.48. The van der Waals surface area contributed by atoms with Gasteiger partial charge in [-0.3, -0.25) is 0 Å². The average molecular weight is 129 g/mol. The van der Waals surface area contributed by atoms with Gasteiger partial charge in [0.2, 0.25) is 0 Å². The standard InChI is InChI=1S/C6H4N.K/c7-5-6-3-1-2-4-6;/h1-4H;/q-1;+1. The van der Waals surface area contributed by atoms with Crippen molar-refractivity contribution < 1.29 is 51.4 Å². The summed E-state index contributed by atoms with van der Waals surface area (Å²) in [5.74, 6) is 0. The zero-order valence-corrected chi connectivity index (χ0v) is 7.88. The molecule has 0 spiro atoms. The first-order valence-corrected chi connectivity index (χ1v) is 2.05. The van der Waals surface area contributed by atoms with Crippen LogP contribution >= 0.6 is 0 Å². The van der Waals surface area contributed by atoms with Crippen LogP contribution in [0.5, 0.6) is 0 Å². The van der Waals surface area contributed by atoms with Crippen LogP contribution in [0, 0.1) is 11.3 Å². The molecule has 0 heterocycles. The van der Waals surface area contributed by atoms with E-state index in [1.807, 2.05) is 18.2 Å². The third-order valence-corrected chi connectivity index (χ3v) is 0.792. The van der Waals surface area contributed by atoms with Crippen molar-refractivity contribution in [2.75, 3.05) is 0 Å². The van der Waals surface area contributed by atoms with Crippen LogP contribution in [0.25, 0.3) is 0 Å². The maximum atomic E-state index is 8.18. The maximum absolute atomic E-state index is 8.18. The SMILES string of the molecule is N#C[c-]1cccc1.[K+]. The van der Waals surface area contributed by atoms with Crippen LogP contribution in [0.15, 0.2) is 24.3 Å². The van der Waals surface area contributed by atoms with E-state index in [2.05, 4.69) is 0 Å². The molecule has 1 aromatic rings. The van der Waals surface area contributed by atoms with Gasteiger partial charge in [0.1, 0.15) is 0 Å². The monoisotopic (exact) mass is 129 g/mol. The van der Waals surface area contributed by atoms with Gasteiger partial charge in [0, 0.05) is 6.07 Å². The number of nitrogens with zero attached hydrogens (tertiary/aromatic N) is 1. The maximum Gasteiger partial charge on any atom is 1.00 e. The van der Waals surface area contributed by atoms with E-state index in [1.54, 1.807) is 12.1 Å². The molecule has 0 amide bonds. The third-order valence-electron chi connectivity index (χ3n) is 0.792. The molecule has 0 aromatic heterocycles. The second kappa shape index (κ2) is 4.36. The number of hydrogen-bond donors (Lipinski definition) is 0. The molecule has 1 rings (SSSR count). The molecule has 0 aliphatic heterocycles. The van der Waals surface area contributed by atoms with Crippen LogP contribution < -0.4 is 51.4 Å². The topological polar surface area (TPSA) is 23.8 Å². The van der Waals surface area contributed by atoms with Gasteiger partial charge in [0.05, 0.1) is 0 Å². The minimum Gasteiger partial charge on any atom is -0.212 e. The van der Waals surface area contributed by atoms with E-state index in [-0.39, 0.29) is 51.4 Å². The first-order chi connectivity index (χ1) is 3.43. The Bertz CT molecular complexity index is 171. The largest absolute Gasteiger partial charge is 1.00 e. The predicted octanol–water partition coefficient (Wildman–Crippen LogP) is -1.72. The molecule has 1 aromatic carbocycles. The van der Waals surface area contributed by atoms with Crippen molar-refractivity contribution in [2.24, 2.45) is 0 Å². The van der Waals surface area contributed by atoms with Gasteiger partial charge >= 0.3 is 51.4 Å². The molecule has 1 nitrogen and oxygen atoms in total. The molecule has 0 bridgehead atoms. The van der Waals surface area contributed by atoms with Crippen molar-refractivity contribution in [1.82, 2.24) is 0 Å². The Kier molecular flexibility index (Phi) is 4.62. The second-order valence-corrected chi connectivity index (χ2v) is 1.29. The van der Waals surface area contributed by atoms with E-state index in [0.717, 1.165) is 5.56 Å². The zero-order chi connectivity index (χ0) is 5.11. The van der Waals surface area contributed by atoms with E-state index in [4.69, 9.17) is 5.26 Å². The van der Waals surface area contributed by atoms with Crippen molar-refractivity contribution in [2.45, 2.75) is 0 Å². The van der Waals surface area contributed by atoms with Gasteiger partial charge in [-0.2, -0.15) is 12.1 Å². The van der Waals surface area contributed by atoms with Crippen molar-refractivity contribution in [1.29, 1.82) is 5.26 Å². The van der Waals surface area contributed by atoms with Crippen LogP contribution in [-0.4, -0.2) is 0 Å². The summed E-state index contributed by atoms with van der Waals surface area (Å²) in [4.78, 5) is 0. The summed E-state index contributed by atoms with van der Waals surface area (Å²) in [6.07, 6.45) is 0. The van der Waals surface area contributed by atoms with E-state index < -0.39 is 0 Å². The number of nitriles is 1. The molecule has 0 N–H and O–H groups in total. The molecule has 8 heavy (non-hydrogen) atoms. The van der Waals surface area contributed by atoms with Gasteiger partial charge in [-0.05, 0) is 0 Å². The van der Waals surface area contributed by atoms with Crippen LogP contribution in [-0.2, 0) is 0 Å².